The molecule has 1 saturated heterocycles. The molecule has 1 fully saturated rings. The summed E-state index contributed by atoms with van der Waals surface area (Å²) in [4.78, 5) is 66.5. The molecule has 0 aliphatic carbocycles. The molecule has 15 nitrogen and oxygen atoms in total. The van der Waals surface area contributed by atoms with Gasteiger partial charge in [0.1, 0.15) is 18.1 Å². The zero-order valence-electron chi connectivity index (χ0n) is 20.9. The van der Waals surface area contributed by atoms with E-state index in [9.17, 15) is 29.1 Å². The van der Waals surface area contributed by atoms with E-state index < -0.39 is 53.8 Å². The van der Waals surface area contributed by atoms with Gasteiger partial charge in [-0.05, 0) is 57.9 Å². The number of amides is 3. The van der Waals surface area contributed by atoms with E-state index in [1.807, 2.05) is 0 Å². The van der Waals surface area contributed by atoms with E-state index in [-0.39, 0.29) is 44.7 Å². The lowest BCUT2D eigenvalue weighted by Crippen LogP contribution is -2.57. The van der Waals surface area contributed by atoms with Gasteiger partial charge in [0.2, 0.25) is 17.7 Å². The summed E-state index contributed by atoms with van der Waals surface area (Å²) in [5, 5.41) is 23.5. The van der Waals surface area contributed by atoms with Gasteiger partial charge in [0, 0.05) is 19.5 Å². The lowest BCUT2D eigenvalue weighted by atomic mass is 10.0. The molecule has 37 heavy (non-hydrogen) atoms. The maximum Gasteiger partial charge on any atom is 0.326 e. The Morgan fingerprint density at radius 3 is 2.19 bits per heavy atom. The van der Waals surface area contributed by atoms with Crippen LogP contribution in [0.3, 0.4) is 0 Å². The minimum atomic E-state index is -1.14. The van der Waals surface area contributed by atoms with Gasteiger partial charge < -0.3 is 48.7 Å². The van der Waals surface area contributed by atoms with E-state index in [0.29, 0.717) is 38.6 Å². The Morgan fingerprint density at radius 2 is 1.59 bits per heavy atom. The SMILES string of the molecule is NCCCCC(NC(=O)C(N)CCC(=O)O)C(=O)NC(CCCN=C(N)N)C(=O)N1CCCC1C(=O)O. The predicted molar refractivity (Wildman–Crippen MR) is 134 cm³/mol. The van der Waals surface area contributed by atoms with Gasteiger partial charge in [0.15, 0.2) is 5.96 Å². The summed E-state index contributed by atoms with van der Waals surface area (Å²) in [5.74, 6) is -4.26. The number of carbonyl (C=O) groups is 5. The van der Waals surface area contributed by atoms with Crippen molar-refractivity contribution in [1.29, 1.82) is 0 Å². The third-order valence-corrected chi connectivity index (χ3v) is 5.97. The van der Waals surface area contributed by atoms with Crippen molar-refractivity contribution < 1.29 is 34.2 Å². The van der Waals surface area contributed by atoms with Gasteiger partial charge >= 0.3 is 11.9 Å². The molecule has 4 unspecified atom stereocenters. The van der Waals surface area contributed by atoms with Crippen molar-refractivity contribution in [3.8, 4) is 0 Å². The number of rotatable bonds is 17. The average molecular weight is 529 g/mol. The molecule has 210 valence electrons. The second-order valence-corrected chi connectivity index (χ2v) is 8.92. The van der Waals surface area contributed by atoms with Crippen molar-refractivity contribution >= 4 is 35.6 Å². The molecule has 0 radical (unpaired) electrons. The van der Waals surface area contributed by atoms with Gasteiger partial charge in [0.25, 0.3) is 0 Å². The highest BCUT2D eigenvalue weighted by Crippen LogP contribution is 2.20. The Bertz CT molecular complexity index is 834. The quantitative estimate of drug-likeness (QED) is 0.0551. The van der Waals surface area contributed by atoms with Crippen LogP contribution >= 0.6 is 0 Å². The van der Waals surface area contributed by atoms with Crippen molar-refractivity contribution in [3.63, 3.8) is 0 Å². The fourth-order valence-electron chi connectivity index (χ4n) is 3.97. The van der Waals surface area contributed by atoms with E-state index in [1.54, 1.807) is 0 Å². The number of likely N-dealkylation sites (tertiary alicyclic amines) is 1. The molecule has 1 heterocycles. The van der Waals surface area contributed by atoms with Crippen LogP contribution < -0.4 is 33.6 Å². The monoisotopic (exact) mass is 528 g/mol. The largest absolute Gasteiger partial charge is 0.481 e. The summed E-state index contributed by atoms with van der Waals surface area (Å²) in [6.07, 6.45) is 2.13. The van der Waals surface area contributed by atoms with Crippen molar-refractivity contribution in [1.82, 2.24) is 15.5 Å². The van der Waals surface area contributed by atoms with Crippen molar-refractivity contribution in [3.05, 3.63) is 0 Å². The average Bonchev–Trinajstić information content (AvgIpc) is 3.33. The van der Waals surface area contributed by atoms with E-state index in [4.69, 9.17) is 28.0 Å². The molecule has 0 bridgehead atoms. The first-order valence-electron chi connectivity index (χ1n) is 12.3. The summed E-state index contributed by atoms with van der Waals surface area (Å²) in [5.41, 5.74) is 22.0. The third kappa shape index (κ3) is 11.4. The first-order chi connectivity index (χ1) is 17.5. The maximum atomic E-state index is 13.3. The molecule has 4 atom stereocenters. The lowest BCUT2D eigenvalue weighted by Gasteiger charge is -2.29. The number of nitrogens with one attached hydrogen (secondary N) is 2. The number of nitrogens with two attached hydrogens (primary N) is 4. The fourth-order valence-corrected chi connectivity index (χ4v) is 3.97. The minimum Gasteiger partial charge on any atom is -0.481 e. The van der Waals surface area contributed by atoms with E-state index in [0.717, 1.165) is 0 Å². The molecule has 0 aromatic carbocycles. The number of carbonyl (C=O) groups excluding carboxylic acids is 3. The number of aliphatic carboxylic acids is 2. The first kappa shape index (κ1) is 31.6. The summed E-state index contributed by atoms with van der Waals surface area (Å²) in [7, 11) is 0. The van der Waals surface area contributed by atoms with Crippen LogP contribution in [0.15, 0.2) is 4.99 Å². The molecule has 1 aliphatic rings. The highest BCUT2D eigenvalue weighted by atomic mass is 16.4. The number of nitrogens with zero attached hydrogens (tertiary/aromatic N) is 2. The number of guanidine groups is 1. The zero-order chi connectivity index (χ0) is 28.0. The summed E-state index contributed by atoms with van der Waals surface area (Å²) >= 11 is 0. The molecule has 0 aromatic heterocycles. The molecular formula is C22H40N8O7. The third-order valence-electron chi connectivity index (χ3n) is 5.97. The van der Waals surface area contributed by atoms with E-state index >= 15 is 0 Å². The van der Waals surface area contributed by atoms with E-state index in [1.165, 1.54) is 4.90 Å². The molecule has 1 rings (SSSR count). The summed E-state index contributed by atoms with van der Waals surface area (Å²) < 4.78 is 0. The van der Waals surface area contributed by atoms with Crippen LogP contribution in [0, 0.1) is 0 Å². The Balaban J connectivity index is 3.02. The lowest BCUT2D eigenvalue weighted by molar-refractivity contribution is -0.149. The number of hydrogen-bond donors (Lipinski definition) is 8. The Labute approximate surface area is 215 Å². The fraction of sp³-hybridized carbons (Fsp3) is 0.727. The highest BCUT2D eigenvalue weighted by Gasteiger charge is 2.38. The number of hydrogen-bond acceptors (Lipinski definition) is 8. The van der Waals surface area contributed by atoms with Crippen LogP contribution in [-0.2, 0) is 24.0 Å². The summed E-state index contributed by atoms with van der Waals surface area (Å²) in [6, 6.07) is -4.26. The Morgan fingerprint density at radius 1 is 0.946 bits per heavy atom. The van der Waals surface area contributed by atoms with Crippen molar-refractivity contribution in [2.45, 2.75) is 82.0 Å². The van der Waals surface area contributed by atoms with Crippen molar-refractivity contribution in [2.24, 2.45) is 27.9 Å². The molecule has 12 N–H and O–H groups in total. The van der Waals surface area contributed by atoms with Gasteiger partial charge in [-0.1, -0.05) is 0 Å². The molecule has 3 amide bonds. The molecule has 15 heteroatoms. The van der Waals surface area contributed by atoms with Crippen molar-refractivity contribution in [2.75, 3.05) is 19.6 Å². The zero-order valence-corrected chi connectivity index (χ0v) is 20.9. The van der Waals surface area contributed by atoms with Crippen LogP contribution in [0.2, 0.25) is 0 Å². The molecule has 0 spiro atoms. The number of carboxylic acid groups (broad SMARTS) is 2. The molecule has 1 aliphatic heterocycles. The van der Waals surface area contributed by atoms with Crippen LogP contribution in [0.4, 0.5) is 0 Å². The number of unbranched alkanes of at least 4 members (excludes halogenated alkanes) is 1. The second kappa shape index (κ2) is 16.3. The molecule has 0 saturated carbocycles. The number of carboxylic acids is 2. The predicted octanol–water partition coefficient (Wildman–Crippen LogP) is -2.59. The standard InChI is InChI=1S/C22H40N8O7/c23-10-2-1-5-14(28-18(33)13(24)8-9-17(31)32)19(34)29-15(6-3-11-27-22(25)26)20(35)30-12-4-7-16(30)21(36)37/h13-16H,1-12,23-24H2,(H,28,33)(H,29,34)(H,31,32)(H,36,37)(H4,25,26,27). The van der Waals surface area contributed by atoms with Crippen LogP contribution in [0.1, 0.15) is 57.8 Å². The summed E-state index contributed by atoms with van der Waals surface area (Å²) in [6.45, 7) is 0.808. The van der Waals surface area contributed by atoms with Gasteiger partial charge in [-0.25, -0.2) is 4.79 Å². The topological polar surface area (TPSA) is 270 Å². The highest BCUT2D eigenvalue weighted by molar-refractivity contribution is 5.94. The van der Waals surface area contributed by atoms with Gasteiger partial charge in [-0.3, -0.25) is 24.2 Å². The van der Waals surface area contributed by atoms with Crippen LogP contribution in [-0.4, -0.2) is 94.5 Å². The van der Waals surface area contributed by atoms with E-state index in [2.05, 4.69) is 15.6 Å². The minimum absolute atomic E-state index is 0.115. The number of aliphatic imine (C=N–C) groups is 1. The van der Waals surface area contributed by atoms with Gasteiger partial charge in [-0.15, -0.1) is 0 Å². The molecule has 0 aromatic rings. The Hall–Kier alpha value is -3.46. The normalized spacial score (nSPS) is 17.4. The smallest absolute Gasteiger partial charge is 0.326 e. The molecular weight excluding hydrogens is 488 g/mol. The first-order valence-corrected chi connectivity index (χ1v) is 12.3. The van der Waals surface area contributed by atoms with Crippen LogP contribution in [0.5, 0.6) is 0 Å². The van der Waals surface area contributed by atoms with Gasteiger partial charge in [0.05, 0.1) is 6.04 Å². The van der Waals surface area contributed by atoms with Gasteiger partial charge in [-0.2, -0.15) is 0 Å². The maximum absolute atomic E-state index is 13.3. The Kier molecular flexibility index (Phi) is 13.9. The van der Waals surface area contributed by atoms with Crippen LogP contribution in [0.25, 0.3) is 0 Å². The second-order valence-electron chi connectivity index (χ2n) is 8.92.